The van der Waals surface area contributed by atoms with Gasteiger partial charge in [0.15, 0.2) is 5.82 Å². The number of carbonyl (C=O) groups excluding carboxylic acids is 1. The molecule has 0 saturated carbocycles. The summed E-state index contributed by atoms with van der Waals surface area (Å²) in [4.78, 5) is 13.9. The summed E-state index contributed by atoms with van der Waals surface area (Å²) in [6, 6.07) is 0. The van der Waals surface area contributed by atoms with Crippen molar-refractivity contribution in [2.75, 3.05) is 0 Å². The van der Waals surface area contributed by atoms with E-state index in [1.165, 1.54) is 6.20 Å². The van der Waals surface area contributed by atoms with Crippen LogP contribution in [0, 0.1) is 0 Å². The topological polar surface area (TPSA) is 93.5 Å². The van der Waals surface area contributed by atoms with Crippen LogP contribution < -0.4 is 16.8 Å². The lowest BCUT2D eigenvalue weighted by atomic mass is 10.4. The molecule has 0 aromatic rings. The molecule has 0 aliphatic rings. The Morgan fingerprint density at radius 1 is 1.55 bits per heavy atom. The number of aliphatic imine (C=N–C) groups is 1. The van der Waals surface area contributed by atoms with Crippen molar-refractivity contribution in [2.24, 2.45) is 16.5 Å². The van der Waals surface area contributed by atoms with E-state index in [9.17, 15) is 4.79 Å². The van der Waals surface area contributed by atoms with Crippen molar-refractivity contribution in [1.29, 1.82) is 0 Å². The summed E-state index contributed by atoms with van der Waals surface area (Å²) in [6.07, 6.45) is 1.32. The lowest BCUT2D eigenvalue weighted by molar-refractivity contribution is -0.114. The summed E-state index contributed by atoms with van der Waals surface area (Å²) in [5, 5.41) is 2.50. The Balaban J connectivity index is 4.66. The molecule has 5 nitrogen and oxygen atoms in total. The molecule has 0 fully saturated rings. The van der Waals surface area contributed by atoms with Gasteiger partial charge in [-0.2, -0.15) is 0 Å². The Labute approximate surface area is 64.5 Å². The molecular formula is C6H10N4O. The molecule has 60 valence electrons. The zero-order valence-corrected chi connectivity index (χ0v) is 6.00. The summed E-state index contributed by atoms with van der Waals surface area (Å²) in [7, 11) is 0. The Hall–Kier alpha value is -1.78. The summed E-state index contributed by atoms with van der Waals surface area (Å²) < 4.78 is 0. The molecule has 0 spiro atoms. The fourth-order valence-corrected chi connectivity index (χ4v) is 0.422. The predicted octanol–water partition coefficient (Wildman–Crippen LogP) is -0.967. The van der Waals surface area contributed by atoms with Crippen LogP contribution in [0.25, 0.3) is 0 Å². The molecule has 0 aromatic carbocycles. The van der Waals surface area contributed by atoms with Crippen molar-refractivity contribution >= 4 is 12.6 Å². The number of rotatable bonds is 4. The minimum absolute atomic E-state index is 0.118. The fourth-order valence-electron chi connectivity index (χ4n) is 0.422. The second kappa shape index (κ2) is 4.10. The van der Waals surface area contributed by atoms with E-state index in [4.69, 9.17) is 11.5 Å². The number of nitrogens with one attached hydrogen (secondary N) is 1. The van der Waals surface area contributed by atoms with E-state index in [0.717, 1.165) is 0 Å². The third-order valence-corrected chi connectivity index (χ3v) is 0.917. The van der Waals surface area contributed by atoms with E-state index in [0.29, 0.717) is 0 Å². The van der Waals surface area contributed by atoms with E-state index in [1.54, 1.807) is 0 Å². The van der Waals surface area contributed by atoms with Gasteiger partial charge in [0.25, 0.3) is 5.91 Å². The van der Waals surface area contributed by atoms with Crippen LogP contribution in [0.2, 0.25) is 0 Å². The molecule has 1 amide bonds. The van der Waals surface area contributed by atoms with Gasteiger partial charge in [0.1, 0.15) is 5.70 Å². The molecule has 0 radical (unpaired) electrons. The number of nitrogens with two attached hydrogens (primary N) is 2. The van der Waals surface area contributed by atoms with Crippen molar-refractivity contribution in [2.45, 2.75) is 0 Å². The van der Waals surface area contributed by atoms with Crippen molar-refractivity contribution in [3.63, 3.8) is 0 Å². The van der Waals surface area contributed by atoms with Gasteiger partial charge in [-0.1, -0.05) is 6.58 Å². The van der Waals surface area contributed by atoms with Crippen LogP contribution in [0.3, 0.4) is 0 Å². The molecule has 0 aromatic heterocycles. The molecule has 0 aliphatic carbocycles. The largest absolute Gasteiger partial charge is 0.391 e. The van der Waals surface area contributed by atoms with Gasteiger partial charge >= 0.3 is 0 Å². The lowest BCUT2D eigenvalue weighted by Crippen LogP contribution is -2.25. The second-order valence-corrected chi connectivity index (χ2v) is 1.63. The van der Waals surface area contributed by atoms with Crippen LogP contribution in [0.5, 0.6) is 0 Å². The van der Waals surface area contributed by atoms with Crippen LogP contribution >= 0.6 is 0 Å². The maximum Gasteiger partial charge on any atom is 0.268 e. The average molecular weight is 154 g/mol. The fraction of sp³-hybridized carbons (Fsp3) is 0. The molecule has 11 heavy (non-hydrogen) atoms. The monoisotopic (exact) mass is 154 g/mol. The van der Waals surface area contributed by atoms with E-state index in [2.05, 4.69) is 23.6 Å². The Morgan fingerprint density at radius 3 is 2.36 bits per heavy atom. The number of hydrogen-bond donors (Lipinski definition) is 3. The molecule has 5 heteroatoms. The van der Waals surface area contributed by atoms with Gasteiger partial charge in [-0.05, 0) is 12.9 Å². The predicted molar refractivity (Wildman–Crippen MR) is 43.3 cm³/mol. The maximum absolute atomic E-state index is 10.5. The van der Waals surface area contributed by atoms with Gasteiger partial charge in [0, 0.05) is 0 Å². The minimum atomic E-state index is -0.748. The molecular weight excluding hydrogens is 144 g/mol. The van der Waals surface area contributed by atoms with Crippen molar-refractivity contribution < 1.29 is 4.79 Å². The number of carbonyl (C=O) groups is 1. The average Bonchev–Trinajstić information content (AvgIpc) is 1.98. The Bertz CT molecular complexity index is 219. The SMILES string of the molecule is C=CN/C(N=C)=C(\N)C(N)=O. The van der Waals surface area contributed by atoms with Gasteiger partial charge < -0.3 is 16.8 Å². The lowest BCUT2D eigenvalue weighted by Gasteiger charge is -2.01. The summed E-state index contributed by atoms with van der Waals surface area (Å²) >= 11 is 0. The summed E-state index contributed by atoms with van der Waals surface area (Å²) in [5.41, 5.74) is 9.91. The zero-order valence-electron chi connectivity index (χ0n) is 6.00. The van der Waals surface area contributed by atoms with Crippen LogP contribution in [-0.4, -0.2) is 12.6 Å². The molecule has 0 aliphatic heterocycles. The molecule has 0 atom stereocenters. The van der Waals surface area contributed by atoms with E-state index < -0.39 is 5.91 Å². The highest BCUT2D eigenvalue weighted by Gasteiger charge is 2.04. The van der Waals surface area contributed by atoms with E-state index in [-0.39, 0.29) is 11.5 Å². The van der Waals surface area contributed by atoms with Gasteiger partial charge in [0.2, 0.25) is 0 Å². The first-order valence-electron chi connectivity index (χ1n) is 2.77. The third kappa shape index (κ3) is 2.53. The molecule has 0 saturated heterocycles. The van der Waals surface area contributed by atoms with Crippen molar-refractivity contribution in [3.05, 3.63) is 24.3 Å². The van der Waals surface area contributed by atoms with Crippen molar-refractivity contribution in [1.82, 2.24) is 5.32 Å². The van der Waals surface area contributed by atoms with Crippen LogP contribution in [0.15, 0.2) is 29.3 Å². The second-order valence-electron chi connectivity index (χ2n) is 1.63. The smallest absolute Gasteiger partial charge is 0.268 e. The Kier molecular flexibility index (Phi) is 3.44. The van der Waals surface area contributed by atoms with Gasteiger partial charge in [-0.15, -0.1) is 0 Å². The highest BCUT2D eigenvalue weighted by molar-refractivity contribution is 5.91. The number of amides is 1. The van der Waals surface area contributed by atoms with Crippen LogP contribution in [0.1, 0.15) is 0 Å². The molecule has 0 rings (SSSR count). The van der Waals surface area contributed by atoms with Crippen LogP contribution in [-0.2, 0) is 4.79 Å². The van der Waals surface area contributed by atoms with Crippen LogP contribution in [0.4, 0.5) is 0 Å². The molecule has 0 unspecified atom stereocenters. The van der Waals surface area contributed by atoms with Crippen molar-refractivity contribution in [3.8, 4) is 0 Å². The molecule has 0 heterocycles. The minimum Gasteiger partial charge on any atom is -0.391 e. The highest BCUT2D eigenvalue weighted by Crippen LogP contribution is 1.93. The first-order chi connectivity index (χ1) is 5.13. The zero-order chi connectivity index (χ0) is 8.85. The van der Waals surface area contributed by atoms with Gasteiger partial charge in [0.05, 0.1) is 0 Å². The number of primary amides is 1. The summed E-state index contributed by atoms with van der Waals surface area (Å²) in [5.74, 6) is -0.630. The van der Waals surface area contributed by atoms with Gasteiger partial charge in [-0.25, -0.2) is 4.99 Å². The molecule has 0 bridgehead atoms. The molecule has 5 N–H and O–H groups in total. The normalized spacial score (nSPS) is 11.3. The maximum atomic E-state index is 10.5. The van der Waals surface area contributed by atoms with E-state index in [1.807, 2.05) is 0 Å². The van der Waals surface area contributed by atoms with E-state index >= 15 is 0 Å². The highest BCUT2D eigenvalue weighted by atomic mass is 16.1. The third-order valence-electron chi connectivity index (χ3n) is 0.917. The first kappa shape index (κ1) is 9.22. The standard InChI is InChI=1S/C6H10N4O/c1-3-10-6(9-2)4(7)5(8)11/h3,10H,1-2,7H2,(H2,8,11)/b6-4-. The van der Waals surface area contributed by atoms with Gasteiger partial charge in [-0.3, -0.25) is 4.79 Å². The Morgan fingerprint density at radius 2 is 2.09 bits per heavy atom. The number of nitrogens with zero attached hydrogens (tertiary/aromatic N) is 1. The summed E-state index contributed by atoms with van der Waals surface area (Å²) in [6.45, 7) is 6.53. The number of hydrogen-bond acceptors (Lipinski definition) is 4. The first-order valence-corrected chi connectivity index (χ1v) is 2.77. The quantitative estimate of drug-likeness (QED) is 0.359.